The Morgan fingerprint density at radius 1 is 0.952 bits per heavy atom. The molecule has 0 amide bonds. The normalized spacial score (nSPS) is 63.0. The lowest BCUT2D eigenvalue weighted by molar-refractivity contribution is -0.572. The van der Waals surface area contributed by atoms with E-state index >= 15 is 0 Å². The standard InChI is InChI=1S/C16H25BrO4/c1-9-5-6-12-10(2)15(4,17)19-13-16(12)11(9)7-8-14(3,18-13)20-21-16/h9-13H,5-8H2,1-4H3/t9-,10-,11?,12+,13+,14-,15+,16-/m1/s1. The zero-order valence-electron chi connectivity index (χ0n) is 13.2. The molecule has 120 valence electrons. The van der Waals surface area contributed by atoms with Crippen molar-refractivity contribution >= 4 is 15.9 Å². The van der Waals surface area contributed by atoms with Gasteiger partial charge in [0, 0.05) is 18.3 Å². The van der Waals surface area contributed by atoms with Gasteiger partial charge in [-0.15, -0.1) is 0 Å². The van der Waals surface area contributed by atoms with E-state index in [-0.39, 0.29) is 10.8 Å². The lowest BCUT2D eigenvalue weighted by Crippen LogP contribution is -2.71. The fourth-order valence-corrected chi connectivity index (χ4v) is 5.55. The van der Waals surface area contributed by atoms with Crippen LogP contribution < -0.4 is 0 Å². The van der Waals surface area contributed by atoms with Crippen molar-refractivity contribution < 1.29 is 19.2 Å². The second-order valence-corrected chi connectivity index (χ2v) is 9.38. The van der Waals surface area contributed by atoms with Gasteiger partial charge in [0.15, 0.2) is 11.9 Å². The van der Waals surface area contributed by atoms with Gasteiger partial charge in [-0.2, -0.15) is 0 Å². The van der Waals surface area contributed by atoms with Crippen molar-refractivity contribution in [1.82, 2.24) is 0 Å². The molecule has 0 radical (unpaired) electrons. The zero-order valence-corrected chi connectivity index (χ0v) is 14.8. The Balaban J connectivity index is 1.83. The number of hydrogen-bond acceptors (Lipinski definition) is 4. The summed E-state index contributed by atoms with van der Waals surface area (Å²) >= 11 is 3.77. The third-order valence-corrected chi connectivity index (χ3v) is 7.44. The fraction of sp³-hybridized carbons (Fsp3) is 1.00. The van der Waals surface area contributed by atoms with E-state index in [2.05, 4.69) is 36.7 Å². The summed E-state index contributed by atoms with van der Waals surface area (Å²) in [5.74, 6) is 1.12. The summed E-state index contributed by atoms with van der Waals surface area (Å²) in [5, 5.41) is 0. The molecule has 4 nitrogen and oxygen atoms in total. The number of alkyl halides is 1. The molecular formula is C16H25BrO4. The van der Waals surface area contributed by atoms with Gasteiger partial charge in [-0.25, -0.2) is 9.78 Å². The molecule has 2 bridgehead atoms. The minimum absolute atomic E-state index is 0.346. The van der Waals surface area contributed by atoms with E-state index in [0.717, 1.165) is 19.3 Å². The van der Waals surface area contributed by atoms with Gasteiger partial charge in [0.05, 0.1) is 0 Å². The second kappa shape index (κ2) is 4.44. The summed E-state index contributed by atoms with van der Waals surface area (Å²) in [6.45, 7) is 8.65. The Morgan fingerprint density at radius 3 is 2.48 bits per heavy atom. The van der Waals surface area contributed by atoms with Crippen molar-refractivity contribution in [1.29, 1.82) is 0 Å². The highest BCUT2D eigenvalue weighted by molar-refractivity contribution is 9.10. The summed E-state index contributed by atoms with van der Waals surface area (Å²) in [6.07, 6.45) is 3.99. The minimum atomic E-state index is -0.679. The van der Waals surface area contributed by atoms with Gasteiger partial charge in [-0.1, -0.05) is 29.8 Å². The molecule has 5 rings (SSSR count). The van der Waals surface area contributed by atoms with Crippen LogP contribution in [-0.4, -0.2) is 22.2 Å². The molecule has 4 heterocycles. The third-order valence-electron chi connectivity index (χ3n) is 6.53. The Kier molecular flexibility index (Phi) is 3.15. The molecule has 21 heavy (non-hydrogen) atoms. The quantitative estimate of drug-likeness (QED) is 0.483. The van der Waals surface area contributed by atoms with Crippen molar-refractivity contribution in [2.24, 2.45) is 23.7 Å². The molecule has 5 heteroatoms. The SMILES string of the molecule is C[C@@H]1CC[C@H]2[C@@H](C)[C@@](C)(Br)O[C@@H]3O[C@@]4(C)CCC1[C@]32OO4. The Bertz CT molecular complexity index is 456. The molecule has 4 aliphatic heterocycles. The summed E-state index contributed by atoms with van der Waals surface area (Å²) in [7, 11) is 0. The van der Waals surface area contributed by atoms with E-state index in [4.69, 9.17) is 19.2 Å². The fourth-order valence-electron chi connectivity index (χ4n) is 5.06. The highest BCUT2D eigenvalue weighted by atomic mass is 79.9. The molecule has 1 unspecified atom stereocenters. The first-order valence-corrected chi connectivity index (χ1v) is 8.99. The number of rotatable bonds is 0. The van der Waals surface area contributed by atoms with Crippen LogP contribution in [0.5, 0.6) is 0 Å². The van der Waals surface area contributed by atoms with Crippen LogP contribution in [0.4, 0.5) is 0 Å². The first-order chi connectivity index (χ1) is 9.79. The average Bonchev–Trinajstić information content (AvgIpc) is 2.62. The van der Waals surface area contributed by atoms with Gasteiger partial charge < -0.3 is 9.47 Å². The van der Waals surface area contributed by atoms with E-state index in [0.29, 0.717) is 23.7 Å². The van der Waals surface area contributed by atoms with Gasteiger partial charge in [0.25, 0.3) is 0 Å². The van der Waals surface area contributed by atoms with Gasteiger partial charge in [0.2, 0.25) is 5.79 Å². The van der Waals surface area contributed by atoms with E-state index in [1.165, 1.54) is 6.42 Å². The summed E-state index contributed by atoms with van der Waals surface area (Å²) < 4.78 is 12.2. The molecule has 0 aromatic carbocycles. The molecule has 0 aromatic rings. The minimum Gasteiger partial charge on any atom is -0.332 e. The molecule has 0 aromatic heterocycles. The predicted octanol–water partition coefficient (Wildman–Crippen LogP) is 3.98. The van der Waals surface area contributed by atoms with Crippen LogP contribution >= 0.6 is 15.9 Å². The highest BCUT2D eigenvalue weighted by Crippen LogP contribution is 2.62. The third kappa shape index (κ3) is 1.87. The Hall–Kier alpha value is 0.320. The Labute approximate surface area is 134 Å². The topological polar surface area (TPSA) is 36.9 Å². The maximum atomic E-state index is 6.33. The van der Waals surface area contributed by atoms with Crippen LogP contribution in [-0.2, 0) is 19.2 Å². The van der Waals surface area contributed by atoms with Crippen LogP contribution in [0.3, 0.4) is 0 Å². The monoisotopic (exact) mass is 360 g/mol. The first-order valence-electron chi connectivity index (χ1n) is 8.20. The smallest absolute Gasteiger partial charge is 0.201 e. The van der Waals surface area contributed by atoms with Crippen molar-refractivity contribution in [3.63, 3.8) is 0 Å². The number of halogens is 1. The summed E-state index contributed by atoms with van der Waals surface area (Å²) in [6, 6.07) is 0. The molecule has 1 spiro atoms. The number of fused-ring (bicyclic) bond motifs is 2. The van der Waals surface area contributed by atoms with Crippen LogP contribution in [0.25, 0.3) is 0 Å². The maximum Gasteiger partial charge on any atom is 0.201 e. The van der Waals surface area contributed by atoms with Crippen LogP contribution in [0, 0.1) is 23.7 Å². The predicted molar refractivity (Wildman–Crippen MR) is 80.4 cm³/mol. The van der Waals surface area contributed by atoms with Crippen molar-refractivity contribution in [2.45, 2.75) is 75.6 Å². The molecule has 5 aliphatic rings. The van der Waals surface area contributed by atoms with Gasteiger partial charge >= 0.3 is 0 Å². The lowest BCUT2D eigenvalue weighted by Gasteiger charge is -2.61. The second-order valence-electron chi connectivity index (χ2n) is 7.80. The van der Waals surface area contributed by atoms with E-state index < -0.39 is 11.4 Å². The van der Waals surface area contributed by atoms with Crippen molar-refractivity contribution in [2.75, 3.05) is 0 Å². The highest BCUT2D eigenvalue weighted by Gasteiger charge is 2.70. The average molecular weight is 361 g/mol. The molecular weight excluding hydrogens is 336 g/mol. The number of hydrogen-bond donors (Lipinski definition) is 0. The summed E-state index contributed by atoms with van der Waals surface area (Å²) in [5.41, 5.74) is -0.444. The molecule has 1 aliphatic carbocycles. The van der Waals surface area contributed by atoms with Gasteiger partial charge in [0.1, 0.15) is 4.51 Å². The van der Waals surface area contributed by atoms with Gasteiger partial charge in [-0.05, 0) is 44.9 Å². The summed E-state index contributed by atoms with van der Waals surface area (Å²) in [4.78, 5) is 11.9. The largest absolute Gasteiger partial charge is 0.332 e. The number of ether oxygens (including phenoxy) is 2. The molecule has 1 saturated carbocycles. The lowest BCUT2D eigenvalue weighted by atomic mass is 9.57. The van der Waals surface area contributed by atoms with Crippen LogP contribution in [0.2, 0.25) is 0 Å². The van der Waals surface area contributed by atoms with E-state index in [9.17, 15) is 0 Å². The Morgan fingerprint density at radius 2 is 1.71 bits per heavy atom. The van der Waals surface area contributed by atoms with Crippen LogP contribution in [0.1, 0.15) is 53.4 Å². The zero-order chi connectivity index (χ0) is 15.0. The molecule has 8 atom stereocenters. The molecule has 4 saturated heterocycles. The van der Waals surface area contributed by atoms with E-state index in [1.54, 1.807) is 0 Å². The van der Waals surface area contributed by atoms with Crippen LogP contribution in [0.15, 0.2) is 0 Å². The van der Waals surface area contributed by atoms with Crippen molar-refractivity contribution in [3.8, 4) is 0 Å². The van der Waals surface area contributed by atoms with Crippen molar-refractivity contribution in [3.05, 3.63) is 0 Å². The van der Waals surface area contributed by atoms with E-state index in [1.807, 2.05) is 6.92 Å². The first kappa shape index (κ1) is 14.9. The van der Waals surface area contributed by atoms with Gasteiger partial charge in [-0.3, -0.25) is 0 Å². The maximum absolute atomic E-state index is 6.33. The molecule has 5 fully saturated rings. The molecule has 0 N–H and O–H groups in total.